The highest BCUT2D eigenvalue weighted by atomic mass is 19.1. The summed E-state index contributed by atoms with van der Waals surface area (Å²) in [5, 5.41) is 7.16. The molecule has 1 aliphatic heterocycles. The number of halogens is 1. The van der Waals surface area contributed by atoms with Crippen LogP contribution in [0.5, 0.6) is 0 Å². The molecule has 9 heteroatoms. The van der Waals surface area contributed by atoms with Gasteiger partial charge in [0, 0.05) is 20.2 Å². The number of anilines is 2. The van der Waals surface area contributed by atoms with Crippen LogP contribution in [0.15, 0.2) is 36.7 Å². The number of methoxy groups -OCH3 is 1. The molecule has 4 rings (SSSR count). The zero-order valence-corrected chi connectivity index (χ0v) is 14.1. The standard InChI is InChI=1S/C17H17FN6O2/c1-26-12-6-7-23(10-12)16-5-4-15-20-9-13(24(15)22-16)17(25)21-14-3-2-11(18)8-19-14/h2-5,8-9,12H,6-7,10H2,1H3,(H,19,21,25)/t12-/m0/s1. The maximum atomic E-state index is 12.9. The van der Waals surface area contributed by atoms with Crippen LogP contribution in [-0.4, -0.2) is 51.8 Å². The van der Waals surface area contributed by atoms with Crippen LogP contribution >= 0.6 is 0 Å². The van der Waals surface area contributed by atoms with Crippen LogP contribution in [0.3, 0.4) is 0 Å². The van der Waals surface area contributed by atoms with Gasteiger partial charge in [-0.3, -0.25) is 4.79 Å². The van der Waals surface area contributed by atoms with E-state index in [1.165, 1.54) is 22.8 Å². The summed E-state index contributed by atoms with van der Waals surface area (Å²) in [6, 6.07) is 6.32. The lowest BCUT2D eigenvalue weighted by Gasteiger charge is -2.17. The van der Waals surface area contributed by atoms with E-state index in [9.17, 15) is 9.18 Å². The molecule has 0 bridgehead atoms. The number of hydrogen-bond acceptors (Lipinski definition) is 6. The number of fused-ring (bicyclic) bond motifs is 1. The molecule has 3 aromatic rings. The lowest BCUT2D eigenvalue weighted by Crippen LogP contribution is -2.24. The van der Waals surface area contributed by atoms with Crippen molar-refractivity contribution in [1.29, 1.82) is 0 Å². The number of amides is 1. The maximum Gasteiger partial charge on any atom is 0.277 e. The molecule has 1 saturated heterocycles. The Morgan fingerprint density at radius 2 is 2.15 bits per heavy atom. The van der Waals surface area contributed by atoms with Gasteiger partial charge in [-0.1, -0.05) is 0 Å². The lowest BCUT2D eigenvalue weighted by molar-refractivity contribution is 0.102. The minimum absolute atomic E-state index is 0.183. The molecule has 0 aromatic carbocycles. The number of hydrogen-bond donors (Lipinski definition) is 1. The molecule has 1 aliphatic rings. The third kappa shape index (κ3) is 3.08. The Kier molecular flexibility index (Phi) is 4.21. The monoisotopic (exact) mass is 356 g/mol. The molecule has 4 heterocycles. The van der Waals surface area contributed by atoms with Gasteiger partial charge >= 0.3 is 0 Å². The molecule has 0 aliphatic carbocycles. The molecule has 134 valence electrons. The van der Waals surface area contributed by atoms with Crippen LogP contribution in [0, 0.1) is 5.82 Å². The van der Waals surface area contributed by atoms with E-state index in [0.29, 0.717) is 5.65 Å². The minimum Gasteiger partial charge on any atom is -0.380 e. The predicted octanol–water partition coefficient (Wildman–Crippen LogP) is 1.74. The third-order valence-corrected chi connectivity index (χ3v) is 4.35. The second-order valence-corrected chi connectivity index (χ2v) is 6.01. The largest absolute Gasteiger partial charge is 0.380 e. The number of nitrogens with one attached hydrogen (secondary N) is 1. The second-order valence-electron chi connectivity index (χ2n) is 6.01. The number of carbonyl (C=O) groups excluding carboxylic acids is 1. The molecular formula is C17H17FN6O2. The Morgan fingerprint density at radius 3 is 2.88 bits per heavy atom. The summed E-state index contributed by atoms with van der Waals surface area (Å²) in [6.45, 7) is 1.59. The first-order chi connectivity index (χ1) is 12.6. The smallest absolute Gasteiger partial charge is 0.277 e. The van der Waals surface area contributed by atoms with Gasteiger partial charge in [0.05, 0.1) is 18.5 Å². The topological polar surface area (TPSA) is 84.6 Å². The van der Waals surface area contributed by atoms with Gasteiger partial charge in [-0.05, 0) is 30.7 Å². The molecule has 0 spiro atoms. The number of pyridine rings is 1. The van der Waals surface area contributed by atoms with Crippen molar-refractivity contribution in [2.45, 2.75) is 12.5 Å². The SMILES string of the molecule is CO[C@H]1CCN(c2ccc3ncc(C(=O)Nc4ccc(F)cn4)n3n2)C1. The molecular weight excluding hydrogens is 339 g/mol. The summed E-state index contributed by atoms with van der Waals surface area (Å²) in [7, 11) is 1.70. The van der Waals surface area contributed by atoms with Crippen LogP contribution in [0.25, 0.3) is 5.65 Å². The van der Waals surface area contributed by atoms with Gasteiger partial charge in [0.25, 0.3) is 5.91 Å². The summed E-state index contributed by atoms with van der Waals surface area (Å²) >= 11 is 0. The Bertz CT molecular complexity index is 942. The summed E-state index contributed by atoms with van der Waals surface area (Å²) in [5.74, 6) is 0.121. The minimum atomic E-state index is -0.468. The first-order valence-corrected chi connectivity index (χ1v) is 8.19. The maximum absolute atomic E-state index is 12.9. The highest BCUT2D eigenvalue weighted by molar-refractivity contribution is 6.02. The van der Waals surface area contributed by atoms with E-state index < -0.39 is 11.7 Å². The fourth-order valence-corrected chi connectivity index (χ4v) is 2.95. The van der Waals surface area contributed by atoms with E-state index in [2.05, 4.69) is 25.3 Å². The van der Waals surface area contributed by atoms with Crippen LogP contribution in [0.4, 0.5) is 16.0 Å². The van der Waals surface area contributed by atoms with E-state index in [-0.39, 0.29) is 17.6 Å². The average molecular weight is 356 g/mol. The van der Waals surface area contributed by atoms with E-state index in [1.807, 2.05) is 12.1 Å². The number of rotatable bonds is 4. The summed E-state index contributed by atoms with van der Waals surface area (Å²) in [5.41, 5.74) is 0.837. The van der Waals surface area contributed by atoms with Crippen molar-refractivity contribution in [2.75, 3.05) is 30.4 Å². The lowest BCUT2D eigenvalue weighted by atomic mass is 10.3. The molecule has 0 saturated carbocycles. The molecule has 1 atom stereocenters. The van der Waals surface area contributed by atoms with Gasteiger partial charge < -0.3 is 15.0 Å². The highest BCUT2D eigenvalue weighted by Crippen LogP contribution is 2.20. The normalized spacial score (nSPS) is 17.0. The molecule has 26 heavy (non-hydrogen) atoms. The molecule has 1 fully saturated rings. The van der Waals surface area contributed by atoms with Crippen LogP contribution < -0.4 is 10.2 Å². The quantitative estimate of drug-likeness (QED) is 0.767. The van der Waals surface area contributed by atoms with Gasteiger partial charge in [0.1, 0.15) is 17.5 Å². The van der Waals surface area contributed by atoms with Crippen LogP contribution in [0.1, 0.15) is 16.9 Å². The van der Waals surface area contributed by atoms with Crippen LogP contribution in [0.2, 0.25) is 0 Å². The van der Waals surface area contributed by atoms with Crippen molar-refractivity contribution in [3.63, 3.8) is 0 Å². The fourth-order valence-electron chi connectivity index (χ4n) is 2.95. The van der Waals surface area contributed by atoms with Crippen molar-refractivity contribution >= 4 is 23.2 Å². The number of imidazole rings is 1. The number of nitrogens with zero attached hydrogens (tertiary/aromatic N) is 5. The predicted molar refractivity (Wildman–Crippen MR) is 92.8 cm³/mol. The Morgan fingerprint density at radius 1 is 1.27 bits per heavy atom. The highest BCUT2D eigenvalue weighted by Gasteiger charge is 2.24. The van der Waals surface area contributed by atoms with Crippen molar-refractivity contribution in [2.24, 2.45) is 0 Å². The fraction of sp³-hybridized carbons (Fsp3) is 0.294. The molecule has 3 aromatic heterocycles. The molecule has 8 nitrogen and oxygen atoms in total. The van der Waals surface area contributed by atoms with Crippen molar-refractivity contribution in [3.05, 3.63) is 48.2 Å². The van der Waals surface area contributed by atoms with Gasteiger partial charge in [-0.25, -0.2) is 18.9 Å². The number of aromatic nitrogens is 4. The summed E-state index contributed by atoms with van der Waals surface area (Å²) < 4.78 is 19.8. The van der Waals surface area contributed by atoms with Crippen molar-refractivity contribution in [1.82, 2.24) is 19.6 Å². The van der Waals surface area contributed by atoms with E-state index >= 15 is 0 Å². The van der Waals surface area contributed by atoms with Gasteiger partial charge in [0.2, 0.25) is 0 Å². The van der Waals surface area contributed by atoms with Gasteiger partial charge in [-0.2, -0.15) is 0 Å². The van der Waals surface area contributed by atoms with Crippen molar-refractivity contribution in [3.8, 4) is 0 Å². The first kappa shape index (κ1) is 16.4. The van der Waals surface area contributed by atoms with E-state index in [4.69, 9.17) is 4.74 Å². The molecule has 0 radical (unpaired) electrons. The third-order valence-electron chi connectivity index (χ3n) is 4.35. The van der Waals surface area contributed by atoms with Crippen LogP contribution in [-0.2, 0) is 4.74 Å². The Hall–Kier alpha value is -3.07. The van der Waals surface area contributed by atoms with E-state index in [1.54, 1.807) is 7.11 Å². The first-order valence-electron chi connectivity index (χ1n) is 8.19. The van der Waals surface area contributed by atoms with Crippen molar-refractivity contribution < 1.29 is 13.9 Å². The molecule has 1 N–H and O–H groups in total. The molecule has 1 amide bonds. The zero-order valence-electron chi connectivity index (χ0n) is 14.1. The second kappa shape index (κ2) is 6.68. The average Bonchev–Trinajstić information content (AvgIpc) is 3.29. The molecule has 0 unspecified atom stereocenters. The van der Waals surface area contributed by atoms with Gasteiger partial charge in [0.15, 0.2) is 11.3 Å². The Balaban J connectivity index is 1.60. The summed E-state index contributed by atoms with van der Waals surface area (Å²) in [6.07, 6.45) is 3.61. The van der Waals surface area contributed by atoms with E-state index in [0.717, 1.165) is 31.5 Å². The van der Waals surface area contributed by atoms with Gasteiger partial charge in [-0.15, -0.1) is 5.10 Å². The Labute approximate surface area is 148 Å². The zero-order chi connectivity index (χ0) is 18.1. The number of ether oxygens (including phenoxy) is 1. The summed E-state index contributed by atoms with van der Waals surface area (Å²) in [4.78, 5) is 22.7. The number of carbonyl (C=O) groups is 1.